The average molecular weight is 247 g/mol. The third-order valence-corrected chi connectivity index (χ3v) is 3.85. The average Bonchev–Trinajstić information content (AvgIpc) is 2.66. The summed E-state index contributed by atoms with van der Waals surface area (Å²) in [5.74, 6) is 0. The van der Waals surface area contributed by atoms with Gasteiger partial charge in [0.05, 0.1) is 4.92 Å². The molecule has 7 heteroatoms. The molecule has 0 radical (unpaired) electrons. The lowest BCUT2D eigenvalue weighted by Gasteiger charge is -2.07. The Morgan fingerprint density at radius 3 is 3.07 bits per heavy atom. The number of hydrogen-bond acceptors (Lipinski definition) is 6. The van der Waals surface area contributed by atoms with Crippen LogP contribution < -0.4 is 5.32 Å². The van der Waals surface area contributed by atoms with Crippen molar-refractivity contribution in [3.8, 4) is 0 Å². The molecule has 0 spiro atoms. The molecule has 84 valence electrons. The Hall–Kier alpha value is -0.820. The van der Waals surface area contributed by atoms with Gasteiger partial charge in [0.25, 0.3) is 0 Å². The third-order valence-electron chi connectivity index (χ3n) is 1.90. The van der Waals surface area contributed by atoms with E-state index < -0.39 is 4.92 Å². The molecule has 0 amide bonds. The van der Waals surface area contributed by atoms with E-state index in [1.807, 2.05) is 0 Å². The lowest BCUT2D eigenvalue weighted by atomic mass is 10.3. The van der Waals surface area contributed by atoms with Gasteiger partial charge in [-0.15, -0.1) is 0 Å². The van der Waals surface area contributed by atoms with E-state index in [0.29, 0.717) is 10.4 Å². The van der Waals surface area contributed by atoms with Gasteiger partial charge >= 0.3 is 5.00 Å². The molecule has 1 aromatic heterocycles. The van der Waals surface area contributed by atoms with E-state index in [1.54, 1.807) is 11.8 Å². The maximum Gasteiger partial charge on any atom is 0.345 e. The first-order valence-corrected chi connectivity index (χ1v) is 6.60. The van der Waals surface area contributed by atoms with Gasteiger partial charge in [0.2, 0.25) is 0 Å². The zero-order valence-corrected chi connectivity index (χ0v) is 10.2. The van der Waals surface area contributed by atoms with Crippen LogP contribution in [0.15, 0.2) is 6.20 Å². The standard InChI is InChI=1S/C8H13N3O2S2/c1-6(14-2)3-4-9-8-10-5-7(15-8)11(12)13/h5-6H,3-4H2,1-2H3,(H,9,10). The van der Waals surface area contributed by atoms with Crippen LogP contribution in [-0.2, 0) is 0 Å². The van der Waals surface area contributed by atoms with E-state index >= 15 is 0 Å². The zero-order valence-electron chi connectivity index (χ0n) is 8.60. The lowest BCUT2D eigenvalue weighted by molar-refractivity contribution is -0.380. The number of thioether (sulfide) groups is 1. The molecule has 1 unspecified atom stereocenters. The fourth-order valence-electron chi connectivity index (χ4n) is 0.932. The van der Waals surface area contributed by atoms with Gasteiger partial charge in [-0.25, -0.2) is 4.98 Å². The van der Waals surface area contributed by atoms with Crippen molar-refractivity contribution in [2.45, 2.75) is 18.6 Å². The van der Waals surface area contributed by atoms with Crippen molar-refractivity contribution in [2.24, 2.45) is 0 Å². The highest BCUT2D eigenvalue weighted by molar-refractivity contribution is 7.99. The molecule has 1 atom stereocenters. The second kappa shape index (κ2) is 5.92. The number of anilines is 1. The normalized spacial score (nSPS) is 12.4. The van der Waals surface area contributed by atoms with Gasteiger partial charge in [-0.2, -0.15) is 11.8 Å². The van der Waals surface area contributed by atoms with E-state index in [2.05, 4.69) is 23.5 Å². The van der Waals surface area contributed by atoms with E-state index in [4.69, 9.17) is 0 Å². The molecule has 0 aliphatic rings. The third kappa shape index (κ3) is 4.05. The van der Waals surface area contributed by atoms with Crippen LogP contribution in [0.1, 0.15) is 13.3 Å². The van der Waals surface area contributed by atoms with Crippen molar-refractivity contribution < 1.29 is 4.92 Å². The number of aromatic nitrogens is 1. The molecule has 0 saturated carbocycles. The molecule has 1 aromatic rings. The predicted octanol–water partition coefficient (Wildman–Crippen LogP) is 2.60. The summed E-state index contributed by atoms with van der Waals surface area (Å²) in [7, 11) is 0. The summed E-state index contributed by atoms with van der Waals surface area (Å²) in [5, 5.41) is 14.8. The van der Waals surface area contributed by atoms with Gasteiger partial charge in [-0.1, -0.05) is 6.92 Å². The fraction of sp³-hybridized carbons (Fsp3) is 0.625. The maximum absolute atomic E-state index is 10.4. The topological polar surface area (TPSA) is 68.1 Å². The van der Waals surface area contributed by atoms with Crippen LogP contribution in [0.2, 0.25) is 0 Å². The number of nitrogens with one attached hydrogen (secondary N) is 1. The van der Waals surface area contributed by atoms with Gasteiger partial charge in [0.1, 0.15) is 6.20 Å². The highest BCUT2D eigenvalue weighted by atomic mass is 32.2. The van der Waals surface area contributed by atoms with Crippen molar-refractivity contribution in [3.05, 3.63) is 16.3 Å². The highest BCUT2D eigenvalue weighted by Gasteiger charge is 2.10. The van der Waals surface area contributed by atoms with E-state index in [-0.39, 0.29) is 5.00 Å². The number of thiazole rings is 1. The molecule has 1 N–H and O–H groups in total. The Morgan fingerprint density at radius 1 is 1.80 bits per heavy atom. The molecule has 0 aromatic carbocycles. The van der Waals surface area contributed by atoms with Gasteiger partial charge in [0.15, 0.2) is 5.13 Å². The first-order valence-electron chi connectivity index (χ1n) is 4.50. The second-order valence-electron chi connectivity index (χ2n) is 3.02. The zero-order chi connectivity index (χ0) is 11.3. The summed E-state index contributed by atoms with van der Waals surface area (Å²) in [6.07, 6.45) is 4.37. The van der Waals surface area contributed by atoms with Crippen LogP contribution in [0.5, 0.6) is 0 Å². The molecule has 1 rings (SSSR count). The Kier molecular flexibility index (Phi) is 4.83. The first-order chi connectivity index (χ1) is 7.13. The number of hydrogen-bond donors (Lipinski definition) is 1. The minimum Gasteiger partial charge on any atom is -0.361 e. The molecule has 1 heterocycles. The van der Waals surface area contributed by atoms with Crippen molar-refractivity contribution in [1.29, 1.82) is 0 Å². The first kappa shape index (κ1) is 12.3. The number of nitro groups is 1. The van der Waals surface area contributed by atoms with Crippen molar-refractivity contribution in [3.63, 3.8) is 0 Å². The molecule has 0 aliphatic heterocycles. The van der Waals surface area contributed by atoms with Crippen LogP contribution in [-0.4, -0.2) is 28.0 Å². The van der Waals surface area contributed by atoms with Gasteiger partial charge in [-0.05, 0) is 24.0 Å². The Bertz CT molecular complexity index is 329. The lowest BCUT2D eigenvalue weighted by Crippen LogP contribution is -2.07. The minimum atomic E-state index is -0.423. The summed E-state index contributed by atoms with van der Waals surface area (Å²) in [4.78, 5) is 13.9. The molecule has 0 bridgehead atoms. The van der Waals surface area contributed by atoms with E-state index in [1.165, 1.54) is 6.20 Å². The van der Waals surface area contributed by atoms with E-state index in [0.717, 1.165) is 24.3 Å². The molecule has 0 aliphatic carbocycles. The molecule has 0 fully saturated rings. The van der Waals surface area contributed by atoms with Crippen molar-refractivity contribution in [2.75, 3.05) is 18.1 Å². The van der Waals surface area contributed by atoms with Crippen molar-refractivity contribution in [1.82, 2.24) is 4.98 Å². The fourth-order valence-corrected chi connectivity index (χ4v) is 1.94. The molecular weight excluding hydrogens is 234 g/mol. The summed E-state index contributed by atoms with van der Waals surface area (Å²) in [6, 6.07) is 0. The largest absolute Gasteiger partial charge is 0.361 e. The summed E-state index contributed by atoms with van der Waals surface area (Å²) >= 11 is 2.88. The predicted molar refractivity (Wildman–Crippen MR) is 64.9 cm³/mol. The Labute approximate surface area is 96.4 Å². The minimum absolute atomic E-state index is 0.0791. The Morgan fingerprint density at radius 2 is 2.53 bits per heavy atom. The Balaban J connectivity index is 2.35. The van der Waals surface area contributed by atoms with Crippen LogP contribution in [0.25, 0.3) is 0 Å². The second-order valence-corrected chi connectivity index (χ2v) is 5.31. The van der Waals surface area contributed by atoms with Gasteiger partial charge in [0, 0.05) is 11.8 Å². The van der Waals surface area contributed by atoms with Crippen molar-refractivity contribution >= 4 is 33.2 Å². The van der Waals surface area contributed by atoms with Crippen LogP contribution >= 0.6 is 23.1 Å². The summed E-state index contributed by atoms with van der Waals surface area (Å²) < 4.78 is 0. The van der Waals surface area contributed by atoms with Crippen LogP contribution in [0.3, 0.4) is 0 Å². The molecule has 15 heavy (non-hydrogen) atoms. The smallest absolute Gasteiger partial charge is 0.345 e. The highest BCUT2D eigenvalue weighted by Crippen LogP contribution is 2.24. The maximum atomic E-state index is 10.4. The monoisotopic (exact) mass is 247 g/mol. The number of rotatable bonds is 6. The summed E-state index contributed by atoms with van der Waals surface area (Å²) in [6.45, 7) is 2.95. The summed E-state index contributed by atoms with van der Waals surface area (Å²) in [5.41, 5.74) is 0. The molecule has 5 nitrogen and oxygen atoms in total. The number of nitrogens with zero attached hydrogens (tertiary/aromatic N) is 2. The van der Waals surface area contributed by atoms with Gasteiger partial charge < -0.3 is 5.32 Å². The SMILES string of the molecule is CSC(C)CCNc1ncc([N+](=O)[O-])s1. The molecular formula is C8H13N3O2S2. The van der Waals surface area contributed by atoms with Gasteiger partial charge in [-0.3, -0.25) is 10.1 Å². The van der Waals surface area contributed by atoms with E-state index in [9.17, 15) is 10.1 Å². The van der Waals surface area contributed by atoms with Crippen LogP contribution in [0, 0.1) is 10.1 Å². The molecule has 0 saturated heterocycles. The quantitative estimate of drug-likeness (QED) is 0.618. The van der Waals surface area contributed by atoms with Crippen LogP contribution in [0.4, 0.5) is 10.1 Å².